The van der Waals surface area contributed by atoms with E-state index in [-0.39, 0.29) is 12.8 Å². The first-order valence-electron chi connectivity index (χ1n) is 18.5. The van der Waals surface area contributed by atoms with Gasteiger partial charge >= 0.3 is 22.3 Å². The second kappa shape index (κ2) is 27.5. The quantitative estimate of drug-likeness (QED) is 0.0430. The van der Waals surface area contributed by atoms with Gasteiger partial charge in [0.2, 0.25) is 0 Å². The fraction of sp³-hybridized carbons (Fsp3) is 0.943. The van der Waals surface area contributed by atoms with E-state index in [2.05, 4.69) is 13.8 Å². The highest BCUT2D eigenvalue weighted by molar-refractivity contribution is 7.80. The molecule has 1 aliphatic heterocycles. The summed E-state index contributed by atoms with van der Waals surface area (Å²) in [7, 11) is -3.76. The minimum Gasteiger partial charge on any atom is -0.455 e. The molecule has 0 saturated carbocycles. The van der Waals surface area contributed by atoms with Crippen molar-refractivity contribution in [1.82, 2.24) is 0 Å². The lowest BCUT2D eigenvalue weighted by Gasteiger charge is -2.43. The number of hydrogen-bond acceptors (Lipinski definition) is 10. The summed E-state index contributed by atoms with van der Waals surface area (Å²) >= 11 is 0. The standard InChI is InChI=1S/C35H66O11S/c1-4-6-8-10-12-14-16-18-20-22-24-26-30(37)44-33-32(46-47(39,40)41)29(28-36)43-35(42-3)34(33)45-31(38)27-25-23-21-19-17-15-13-11-9-7-5-2/h29,32-36H,4-28H2,1-3H3,(H,39,40,41)/t29-,32-,33+,34-,35+/m1/s1. The zero-order valence-corrected chi connectivity index (χ0v) is 30.4. The summed E-state index contributed by atoms with van der Waals surface area (Å²) < 4.78 is 59.9. The Morgan fingerprint density at radius 1 is 0.596 bits per heavy atom. The number of carbonyl (C=O) groups excluding carboxylic acids is 2. The fourth-order valence-electron chi connectivity index (χ4n) is 6.02. The van der Waals surface area contributed by atoms with Gasteiger partial charge in [-0.15, -0.1) is 0 Å². The molecule has 1 saturated heterocycles. The van der Waals surface area contributed by atoms with Crippen LogP contribution in [-0.2, 0) is 43.1 Å². The maximum absolute atomic E-state index is 12.9. The second-order valence-corrected chi connectivity index (χ2v) is 14.0. The van der Waals surface area contributed by atoms with Crippen molar-refractivity contribution in [3.05, 3.63) is 0 Å². The fourth-order valence-corrected chi connectivity index (χ4v) is 6.53. The molecule has 1 aliphatic rings. The number of esters is 2. The summed E-state index contributed by atoms with van der Waals surface area (Å²) in [6.45, 7) is 3.69. The zero-order chi connectivity index (χ0) is 34.8. The van der Waals surface area contributed by atoms with Crippen LogP contribution >= 0.6 is 0 Å². The number of unbranched alkanes of at least 4 members (excludes halogenated alkanes) is 20. The zero-order valence-electron chi connectivity index (χ0n) is 29.5. The first kappa shape index (κ1) is 43.7. The van der Waals surface area contributed by atoms with Crippen molar-refractivity contribution in [1.29, 1.82) is 0 Å². The number of ether oxygens (including phenoxy) is 4. The summed E-state index contributed by atoms with van der Waals surface area (Å²) in [4.78, 5) is 25.8. The summed E-state index contributed by atoms with van der Waals surface area (Å²) in [6.07, 6.45) is 17.7. The monoisotopic (exact) mass is 694 g/mol. The molecule has 0 aliphatic carbocycles. The molecule has 1 fully saturated rings. The predicted octanol–water partition coefficient (Wildman–Crippen LogP) is 7.76. The highest BCUT2D eigenvalue weighted by Gasteiger charge is 2.52. The highest BCUT2D eigenvalue weighted by atomic mass is 32.3. The molecular formula is C35H66O11S. The van der Waals surface area contributed by atoms with Crippen LogP contribution in [0.5, 0.6) is 0 Å². The van der Waals surface area contributed by atoms with Crippen molar-refractivity contribution in [2.75, 3.05) is 13.7 Å². The molecular weight excluding hydrogens is 628 g/mol. The van der Waals surface area contributed by atoms with Crippen molar-refractivity contribution < 1.29 is 50.8 Å². The van der Waals surface area contributed by atoms with Gasteiger partial charge in [-0.3, -0.25) is 14.1 Å². The number of aliphatic hydroxyl groups excluding tert-OH is 1. The summed E-state index contributed by atoms with van der Waals surface area (Å²) in [5.74, 6) is -1.23. The van der Waals surface area contributed by atoms with Gasteiger partial charge in [-0.2, -0.15) is 8.42 Å². The van der Waals surface area contributed by atoms with Gasteiger partial charge in [0, 0.05) is 20.0 Å². The van der Waals surface area contributed by atoms with Gasteiger partial charge in [0.1, 0.15) is 12.2 Å². The predicted molar refractivity (Wildman–Crippen MR) is 181 cm³/mol. The molecule has 47 heavy (non-hydrogen) atoms. The lowest BCUT2D eigenvalue weighted by Crippen LogP contribution is -2.62. The van der Waals surface area contributed by atoms with Crippen molar-refractivity contribution >= 4 is 22.3 Å². The van der Waals surface area contributed by atoms with E-state index in [0.717, 1.165) is 38.5 Å². The normalized spacial score (nSPS) is 21.5. The summed E-state index contributed by atoms with van der Waals surface area (Å²) in [5.41, 5.74) is 0. The Morgan fingerprint density at radius 2 is 0.957 bits per heavy atom. The molecule has 0 aromatic heterocycles. The van der Waals surface area contributed by atoms with E-state index in [0.29, 0.717) is 12.8 Å². The molecule has 12 heteroatoms. The van der Waals surface area contributed by atoms with Gasteiger partial charge in [-0.25, -0.2) is 4.18 Å². The summed E-state index contributed by atoms with van der Waals surface area (Å²) in [5, 5.41) is 9.89. The minimum absolute atomic E-state index is 0.0633. The third kappa shape index (κ3) is 21.4. The van der Waals surface area contributed by atoms with E-state index in [1.807, 2.05) is 0 Å². The van der Waals surface area contributed by atoms with Crippen molar-refractivity contribution in [3.63, 3.8) is 0 Å². The molecule has 278 valence electrons. The van der Waals surface area contributed by atoms with Crippen LogP contribution in [0.3, 0.4) is 0 Å². The average molecular weight is 695 g/mol. The molecule has 1 rings (SSSR count). The maximum atomic E-state index is 12.9. The van der Waals surface area contributed by atoms with Gasteiger partial charge in [-0.1, -0.05) is 142 Å². The topological polar surface area (TPSA) is 155 Å². The number of rotatable bonds is 30. The largest absolute Gasteiger partial charge is 0.455 e. The van der Waals surface area contributed by atoms with Gasteiger partial charge in [0.25, 0.3) is 0 Å². The number of hydrogen-bond donors (Lipinski definition) is 2. The van der Waals surface area contributed by atoms with Crippen LogP contribution in [0.2, 0.25) is 0 Å². The van der Waals surface area contributed by atoms with Crippen LogP contribution < -0.4 is 0 Å². The molecule has 0 unspecified atom stereocenters. The highest BCUT2D eigenvalue weighted by Crippen LogP contribution is 2.30. The third-order valence-corrected chi connectivity index (χ3v) is 9.21. The van der Waals surface area contributed by atoms with E-state index in [4.69, 9.17) is 23.1 Å². The Kier molecular flexibility index (Phi) is 25.6. The molecule has 0 spiro atoms. The van der Waals surface area contributed by atoms with Crippen molar-refractivity contribution in [2.24, 2.45) is 0 Å². The number of carbonyl (C=O) groups is 2. The van der Waals surface area contributed by atoms with Crippen LogP contribution in [0.25, 0.3) is 0 Å². The van der Waals surface area contributed by atoms with E-state index < -0.39 is 59.7 Å². The lowest BCUT2D eigenvalue weighted by molar-refractivity contribution is -0.296. The Hall–Kier alpha value is -1.31. The minimum atomic E-state index is -5.05. The molecule has 11 nitrogen and oxygen atoms in total. The average Bonchev–Trinajstić information content (AvgIpc) is 3.03. The molecule has 0 amide bonds. The van der Waals surface area contributed by atoms with E-state index >= 15 is 0 Å². The van der Waals surface area contributed by atoms with E-state index in [9.17, 15) is 27.7 Å². The molecule has 0 aromatic rings. The Labute approximate surface area is 285 Å². The molecule has 0 radical (unpaired) electrons. The van der Waals surface area contributed by atoms with Crippen LogP contribution in [0.15, 0.2) is 0 Å². The molecule has 1 heterocycles. The summed E-state index contributed by atoms with van der Waals surface area (Å²) in [6, 6.07) is 0. The van der Waals surface area contributed by atoms with Crippen LogP contribution in [0.4, 0.5) is 0 Å². The Bertz CT molecular complexity index is 898. The molecule has 0 aromatic carbocycles. The van der Waals surface area contributed by atoms with Gasteiger partial charge in [0.05, 0.1) is 6.61 Å². The van der Waals surface area contributed by atoms with Crippen molar-refractivity contribution in [3.8, 4) is 0 Å². The van der Waals surface area contributed by atoms with Crippen LogP contribution in [-0.4, -0.2) is 74.4 Å². The SMILES string of the molecule is CCCCCCCCCCCCCC(=O)O[C@@H]1[C@@H](OC(=O)CCCCCCCCCCCCC)[C@@H](OC)O[C@H](CO)[C@H]1OS(=O)(=O)O. The third-order valence-electron chi connectivity index (χ3n) is 8.74. The Balaban J connectivity index is 2.64. The van der Waals surface area contributed by atoms with E-state index in [1.165, 1.54) is 97.0 Å². The first-order valence-corrected chi connectivity index (χ1v) is 19.9. The van der Waals surface area contributed by atoms with E-state index in [1.54, 1.807) is 0 Å². The van der Waals surface area contributed by atoms with Crippen molar-refractivity contribution in [2.45, 2.75) is 199 Å². The molecule has 2 N–H and O–H groups in total. The van der Waals surface area contributed by atoms with Crippen LogP contribution in [0.1, 0.15) is 168 Å². The maximum Gasteiger partial charge on any atom is 0.397 e. The van der Waals surface area contributed by atoms with Gasteiger partial charge < -0.3 is 24.1 Å². The second-order valence-electron chi connectivity index (χ2n) is 12.9. The lowest BCUT2D eigenvalue weighted by atomic mass is 9.98. The molecule has 5 atom stereocenters. The van der Waals surface area contributed by atoms with Crippen LogP contribution in [0, 0.1) is 0 Å². The number of aliphatic hydroxyl groups is 1. The first-order chi connectivity index (χ1) is 22.7. The van der Waals surface area contributed by atoms with Gasteiger partial charge in [-0.05, 0) is 12.8 Å². The smallest absolute Gasteiger partial charge is 0.397 e. The number of methoxy groups -OCH3 is 1. The Morgan fingerprint density at radius 3 is 1.30 bits per heavy atom. The molecule has 0 bridgehead atoms. The van der Waals surface area contributed by atoms with Gasteiger partial charge in [0.15, 0.2) is 18.5 Å².